The summed E-state index contributed by atoms with van der Waals surface area (Å²) < 4.78 is 44.9. The molecule has 8 nitrogen and oxygen atoms in total. The minimum absolute atomic E-state index is 0.0947. The third kappa shape index (κ3) is 5.34. The van der Waals surface area contributed by atoms with Crippen molar-refractivity contribution >= 4 is 23.1 Å². The molecule has 3 aromatic rings. The van der Waals surface area contributed by atoms with Gasteiger partial charge in [-0.05, 0) is 31.5 Å². The van der Waals surface area contributed by atoms with Gasteiger partial charge in [0.2, 0.25) is 5.95 Å². The largest absolute Gasteiger partial charge is 0.416 e. The molecule has 0 unspecified atom stereocenters. The number of thiazole rings is 1. The van der Waals surface area contributed by atoms with E-state index in [0.29, 0.717) is 54.3 Å². The number of piperidine rings is 1. The van der Waals surface area contributed by atoms with Crippen LogP contribution in [0.1, 0.15) is 18.4 Å². The summed E-state index contributed by atoms with van der Waals surface area (Å²) in [6, 6.07) is 5.11. The number of nitrogens with one attached hydrogen (secondary N) is 3. The van der Waals surface area contributed by atoms with E-state index in [4.69, 9.17) is 9.72 Å². The molecule has 0 bridgehead atoms. The van der Waals surface area contributed by atoms with Crippen LogP contribution in [0.25, 0.3) is 21.8 Å². The van der Waals surface area contributed by atoms with E-state index < -0.39 is 11.7 Å². The van der Waals surface area contributed by atoms with Gasteiger partial charge in [0.05, 0.1) is 24.5 Å². The van der Waals surface area contributed by atoms with Crippen LogP contribution in [0, 0.1) is 0 Å². The second kappa shape index (κ2) is 9.96. The summed E-state index contributed by atoms with van der Waals surface area (Å²) in [6.45, 7) is 4.02. The van der Waals surface area contributed by atoms with Crippen molar-refractivity contribution in [2.24, 2.45) is 0 Å². The van der Waals surface area contributed by atoms with Gasteiger partial charge in [-0.15, -0.1) is 11.3 Å². The van der Waals surface area contributed by atoms with E-state index in [0.717, 1.165) is 38.1 Å². The molecule has 2 fully saturated rings. The molecule has 0 saturated carbocycles. The van der Waals surface area contributed by atoms with Crippen LogP contribution in [-0.4, -0.2) is 60.4 Å². The Balaban J connectivity index is 1.52. The van der Waals surface area contributed by atoms with Gasteiger partial charge in [0.15, 0.2) is 0 Å². The number of hydrogen-bond donors (Lipinski definition) is 3. The van der Waals surface area contributed by atoms with Crippen molar-refractivity contribution < 1.29 is 17.9 Å². The van der Waals surface area contributed by atoms with Crippen LogP contribution in [0.15, 0.2) is 34.4 Å². The molecule has 2 aromatic heterocycles. The number of rotatable bonds is 5. The van der Waals surface area contributed by atoms with E-state index in [2.05, 4.69) is 20.6 Å². The Labute approximate surface area is 203 Å². The number of morpholine rings is 1. The summed E-state index contributed by atoms with van der Waals surface area (Å²) in [5.74, 6) is 0.886. The number of nitrogens with zero attached hydrogens (tertiary/aromatic N) is 3. The molecule has 2 aliphatic rings. The van der Waals surface area contributed by atoms with E-state index in [-0.39, 0.29) is 17.2 Å². The molecule has 5 rings (SSSR count). The SMILES string of the molecule is O=c1[nH]c(N2CCOCC2)nc(N[C@@H]2CCCNC2)c1-c1nc(-c2cccc(C(F)(F)F)c2)cs1. The molecule has 0 spiro atoms. The molecule has 12 heteroatoms. The summed E-state index contributed by atoms with van der Waals surface area (Å²) in [4.78, 5) is 27.4. The second-order valence-electron chi connectivity index (χ2n) is 8.52. The van der Waals surface area contributed by atoms with Crippen LogP contribution < -0.4 is 21.1 Å². The highest BCUT2D eigenvalue weighted by atomic mass is 32.1. The smallest absolute Gasteiger partial charge is 0.378 e. The zero-order valence-corrected chi connectivity index (χ0v) is 19.6. The number of anilines is 2. The van der Waals surface area contributed by atoms with Gasteiger partial charge in [-0.2, -0.15) is 18.2 Å². The average molecular weight is 507 g/mol. The average Bonchev–Trinajstić information content (AvgIpc) is 3.34. The first kappa shape index (κ1) is 23.8. The molecule has 0 aliphatic carbocycles. The van der Waals surface area contributed by atoms with Crippen molar-refractivity contribution in [3.8, 4) is 21.8 Å². The molecule has 2 saturated heterocycles. The lowest BCUT2D eigenvalue weighted by Gasteiger charge is -2.29. The molecule has 1 atom stereocenters. The first-order valence-corrected chi connectivity index (χ1v) is 12.3. The van der Waals surface area contributed by atoms with Crippen molar-refractivity contribution in [3.63, 3.8) is 0 Å². The maximum Gasteiger partial charge on any atom is 0.416 e. The summed E-state index contributed by atoms with van der Waals surface area (Å²) in [5.41, 5.74) is -0.0970. The number of hydrogen-bond acceptors (Lipinski definition) is 8. The molecule has 1 aromatic carbocycles. The lowest BCUT2D eigenvalue weighted by molar-refractivity contribution is -0.137. The highest BCUT2D eigenvalue weighted by Gasteiger charge is 2.31. The fourth-order valence-electron chi connectivity index (χ4n) is 4.23. The third-order valence-corrected chi connectivity index (χ3v) is 6.92. The number of aromatic amines is 1. The number of benzene rings is 1. The topological polar surface area (TPSA) is 95.2 Å². The number of alkyl halides is 3. The Kier molecular flexibility index (Phi) is 6.76. The normalized spacial score (nSPS) is 19.1. The van der Waals surface area contributed by atoms with E-state index >= 15 is 0 Å². The van der Waals surface area contributed by atoms with Gasteiger partial charge < -0.3 is 20.3 Å². The summed E-state index contributed by atoms with van der Waals surface area (Å²) >= 11 is 1.20. The summed E-state index contributed by atoms with van der Waals surface area (Å²) in [6.07, 6.45) is -2.51. The lowest BCUT2D eigenvalue weighted by Crippen LogP contribution is -2.40. The van der Waals surface area contributed by atoms with Crippen molar-refractivity contribution in [2.75, 3.05) is 49.6 Å². The quantitative estimate of drug-likeness (QED) is 0.487. The van der Waals surface area contributed by atoms with Gasteiger partial charge in [0.1, 0.15) is 16.4 Å². The standard InChI is InChI=1S/C23H25F3N6O2S/c24-23(25,26)15-4-1-3-14(11-15)17-13-35-21(29-17)18-19(28-16-5-2-6-27-12-16)30-22(31-20(18)33)32-7-9-34-10-8-32/h1,3-4,11,13,16,27H,2,5-10,12H2,(H2,28,30,31,33)/t16-/m1/s1. The van der Waals surface area contributed by atoms with E-state index in [1.165, 1.54) is 17.4 Å². The fourth-order valence-corrected chi connectivity index (χ4v) is 5.10. The maximum atomic E-state index is 13.3. The molecule has 35 heavy (non-hydrogen) atoms. The van der Waals surface area contributed by atoms with Gasteiger partial charge in [0.25, 0.3) is 5.56 Å². The Morgan fingerprint density at radius 2 is 2.03 bits per heavy atom. The van der Waals surface area contributed by atoms with Crippen molar-refractivity contribution in [1.82, 2.24) is 20.3 Å². The van der Waals surface area contributed by atoms with Crippen LogP contribution in [-0.2, 0) is 10.9 Å². The van der Waals surface area contributed by atoms with Crippen LogP contribution in [0.4, 0.5) is 24.9 Å². The lowest BCUT2D eigenvalue weighted by atomic mass is 10.1. The van der Waals surface area contributed by atoms with Crippen LogP contribution in [0.3, 0.4) is 0 Å². The Hall–Kier alpha value is -2.96. The predicted octanol–water partition coefficient (Wildman–Crippen LogP) is 3.58. The van der Waals surface area contributed by atoms with E-state index in [1.54, 1.807) is 11.4 Å². The van der Waals surface area contributed by atoms with Gasteiger partial charge in [0, 0.05) is 36.6 Å². The molecular weight excluding hydrogens is 481 g/mol. The minimum Gasteiger partial charge on any atom is -0.378 e. The Morgan fingerprint density at radius 3 is 2.77 bits per heavy atom. The Bertz CT molecular complexity index is 1230. The highest BCUT2D eigenvalue weighted by Crippen LogP contribution is 2.35. The molecule has 2 aliphatic heterocycles. The Morgan fingerprint density at radius 1 is 1.20 bits per heavy atom. The molecule has 186 valence electrons. The zero-order valence-electron chi connectivity index (χ0n) is 18.8. The van der Waals surface area contributed by atoms with E-state index in [9.17, 15) is 18.0 Å². The van der Waals surface area contributed by atoms with Crippen molar-refractivity contribution in [3.05, 3.63) is 45.6 Å². The summed E-state index contributed by atoms with van der Waals surface area (Å²) in [5, 5.41) is 8.81. The fraction of sp³-hybridized carbons (Fsp3) is 0.435. The molecule has 3 N–H and O–H groups in total. The van der Waals surface area contributed by atoms with Crippen molar-refractivity contribution in [2.45, 2.75) is 25.1 Å². The molecule has 0 radical (unpaired) electrons. The van der Waals surface area contributed by atoms with Gasteiger partial charge in [-0.3, -0.25) is 9.78 Å². The van der Waals surface area contributed by atoms with Gasteiger partial charge in [-0.25, -0.2) is 4.98 Å². The van der Waals surface area contributed by atoms with Crippen LogP contribution in [0.2, 0.25) is 0 Å². The zero-order chi connectivity index (χ0) is 24.4. The number of H-pyrrole nitrogens is 1. The molecule has 0 amide bonds. The second-order valence-corrected chi connectivity index (χ2v) is 9.37. The summed E-state index contributed by atoms with van der Waals surface area (Å²) in [7, 11) is 0. The highest BCUT2D eigenvalue weighted by molar-refractivity contribution is 7.13. The monoisotopic (exact) mass is 506 g/mol. The maximum absolute atomic E-state index is 13.3. The number of halogens is 3. The predicted molar refractivity (Wildman–Crippen MR) is 129 cm³/mol. The first-order chi connectivity index (χ1) is 16.9. The first-order valence-electron chi connectivity index (χ1n) is 11.5. The van der Waals surface area contributed by atoms with E-state index in [1.807, 2.05) is 4.90 Å². The van der Waals surface area contributed by atoms with Gasteiger partial charge >= 0.3 is 6.18 Å². The molecule has 4 heterocycles. The van der Waals surface area contributed by atoms with Gasteiger partial charge in [-0.1, -0.05) is 12.1 Å². The number of ether oxygens (including phenoxy) is 1. The molecular formula is C23H25F3N6O2S. The van der Waals surface area contributed by atoms with Crippen LogP contribution >= 0.6 is 11.3 Å². The minimum atomic E-state index is -4.45. The third-order valence-electron chi connectivity index (χ3n) is 6.06. The van der Waals surface area contributed by atoms with Crippen molar-refractivity contribution in [1.29, 1.82) is 0 Å². The van der Waals surface area contributed by atoms with Crippen LogP contribution in [0.5, 0.6) is 0 Å². The number of aromatic nitrogens is 3.